The lowest BCUT2D eigenvalue weighted by Gasteiger charge is -2.15. The molecule has 4 heteroatoms. The molecular weight excluding hydrogens is 330 g/mol. The zero-order chi connectivity index (χ0) is 15.2. The van der Waals surface area contributed by atoms with Gasteiger partial charge in [0.2, 0.25) is 0 Å². The molecule has 0 aliphatic carbocycles. The number of ether oxygens (including phenoxy) is 1. The number of carbonyl (C=O) groups is 1. The van der Waals surface area contributed by atoms with E-state index in [9.17, 15) is 4.79 Å². The summed E-state index contributed by atoms with van der Waals surface area (Å²) in [7, 11) is 0. The molecule has 0 spiro atoms. The topological polar surface area (TPSA) is 38.3 Å². The van der Waals surface area contributed by atoms with Crippen molar-refractivity contribution < 1.29 is 9.53 Å². The zero-order valence-corrected chi connectivity index (χ0v) is 13.7. The summed E-state index contributed by atoms with van der Waals surface area (Å²) in [5, 5.41) is 2.84. The first-order valence-corrected chi connectivity index (χ1v) is 7.70. The van der Waals surface area contributed by atoms with E-state index < -0.39 is 6.10 Å². The molecule has 2 aromatic rings. The van der Waals surface area contributed by atoms with Gasteiger partial charge in [0, 0.05) is 4.47 Å². The predicted molar refractivity (Wildman–Crippen MR) is 88.7 cm³/mol. The fraction of sp³-hybridized carbons (Fsp3) is 0.235. The Morgan fingerprint density at radius 3 is 2.48 bits per heavy atom. The van der Waals surface area contributed by atoms with E-state index in [0.29, 0.717) is 5.75 Å². The number of carbonyl (C=O) groups excluding carboxylic acids is 1. The number of halogens is 1. The molecule has 1 amide bonds. The number of anilines is 1. The van der Waals surface area contributed by atoms with Crippen molar-refractivity contribution in [1.29, 1.82) is 0 Å². The van der Waals surface area contributed by atoms with Crippen molar-refractivity contribution in [3.8, 4) is 5.75 Å². The Labute approximate surface area is 133 Å². The molecule has 0 heterocycles. The first-order chi connectivity index (χ1) is 10.1. The van der Waals surface area contributed by atoms with Gasteiger partial charge in [-0.1, -0.05) is 31.2 Å². The van der Waals surface area contributed by atoms with E-state index in [4.69, 9.17) is 4.74 Å². The van der Waals surface area contributed by atoms with Crippen LogP contribution in [0.4, 0.5) is 5.69 Å². The molecule has 21 heavy (non-hydrogen) atoms. The third-order valence-corrected chi connectivity index (χ3v) is 3.84. The summed E-state index contributed by atoms with van der Waals surface area (Å²) in [6, 6.07) is 15.3. The third kappa shape index (κ3) is 4.33. The summed E-state index contributed by atoms with van der Waals surface area (Å²) in [6.07, 6.45) is 0.419. The Hall–Kier alpha value is -1.81. The lowest BCUT2D eigenvalue weighted by Crippen LogP contribution is -2.30. The standard InChI is InChI=1S/C17H18BrNO2/c1-3-13-8-10-14(11-9-13)21-12(2)17(20)19-16-7-5-4-6-15(16)18/h4-12H,3H2,1-2H3,(H,19,20)/t12-/m0/s1. The Bertz CT molecular complexity index is 610. The summed E-state index contributed by atoms with van der Waals surface area (Å²) in [5.41, 5.74) is 1.98. The van der Waals surface area contributed by atoms with Crippen molar-refractivity contribution in [2.75, 3.05) is 5.32 Å². The van der Waals surface area contributed by atoms with Gasteiger partial charge in [-0.3, -0.25) is 4.79 Å². The summed E-state index contributed by atoms with van der Waals surface area (Å²) >= 11 is 3.40. The second-order valence-electron chi connectivity index (χ2n) is 4.73. The molecule has 1 N–H and O–H groups in total. The predicted octanol–water partition coefficient (Wildman–Crippen LogP) is 4.42. The number of hydrogen-bond donors (Lipinski definition) is 1. The van der Waals surface area contributed by atoms with Gasteiger partial charge in [-0.15, -0.1) is 0 Å². The van der Waals surface area contributed by atoms with Crippen LogP contribution >= 0.6 is 15.9 Å². The fourth-order valence-electron chi connectivity index (χ4n) is 1.86. The molecule has 1 atom stereocenters. The van der Waals surface area contributed by atoms with Gasteiger partial charge >= 0.3 is 0 Å². The maximum absolute atomic E-state index is 12.1. The van der Waals surface area contributed by atoms with Gasteiger partial charge in [0.15, 0.2) is 6.10 Å². The first-order valence-electron chi connectivity index (χ1n) is 6.91. The molecule has 0 saturated carbocycles. The molecule has 0 aliphatic rings. The molecule has 0 saturated heterocycles. The third-order valence-electron chi connectivity index (χ3n) is 3.15. The SMILES string of the molecule is CCc1ccc(O[C@@H](C)C(=O)Nc2ccccc2Br)cc1. The molecule has 3 nitrogen and oxygen atoms in total. The van der Waals surface area contributed by atoms with Crippen LogP contribution in [-0.2, 0) is 11.2 Å². The number of nitrogens with one attached hydrogen (secondary N) is 1. The lowest BCUT2D eigenvalue weighted by molar-refractivity contribution is -0.122. The van der Waals surface area contributed by atoms with Crippen molar-refractivity contribution in [2.24, 2.45) is 0 Å². The summed E-state index contributed by atoms with van der Waals surface area (Å²) in [5.74, 6) is 0.517. The average molecular weight is 348 g/mol. The summed E-state index contributed by atoms with van der Waals surface area (Å²) < 4.78 is 6.51. The van der Waals surface area contributed by atoms with Crippen molar-refractivity contribution in [1.82, 2.24) is 0 Å². The monoisotopic (exact) mass is 347 g/mol. The van der Waals surface area contributed by atoms with E-state index in [1.54, 1.807) is 6.92 Å². The normalized spacial score (nSPS) is 11.8. The number of rotatable bonds is 5. The van der Waals surface area contributed by atoms with Crippen LogP contribution in [0.5, 0.6) is 5.75 Å². The Balaban J connectivity index is 1.97. The van der Waals surface area contributed by atoms with Crippen LogP contribution in [0.3, 0.4) is 0 Å². The second kappa shape index (κ2) is 7.27. The minimum absolute atomic E-state index is 0.179. The van der Waals surface area contributed by atoms with Crippen LogP contribution in [0.1, 0.15) is 19.4 Å². The zero-order valence-electron chi connectivity index (χ0n) is 12.1. The molecule has 0 fully saturated rings. The van der Waals surface area contributed by atoms with Crippen LogP contribution in [0, 0.1) is 0 Å². The lowest BCUT2D eigenvalue weighted by atomic mass is 10.2. The second-order valence-corrected chi connectivity index (χ2v) is 5.58. The summed E-state index contributed by atoms with van der Waals surface area (Å²) in [4.78, 5) is 12.1. The fourth-order valence-corrected chi connectivity index (χ4v) is 2.24. The number of hydrogen-bond acceptors (Lipinski definition) is 2. The molecular formula is C17H18BrNO2. The van der Waals surface area contributed by atoms with Crippen LogP contribution in [0.15, 0.2) is 53.0 Å². The van der Waals surface area contributed by atoms with Crippen LogP contribution < -0.4 is 10.1 Å². The van der Waals surface area contributed by atoms with E-state index in [2.05, 4.69) is 28.2 Å². The van der Waals surface area contributed by atoms with E-state index in [1.807, 2.05) is 48.5 Å². The summed E-state index contributed by atoms with van der Waals surface area (Å²) in [6.45, 7) is 3.84. The molecule has 2 rings (SSSR count). The Morgan fingerprint density at radius 2 is 1.86 bits per heavy atom. The van der Waals surface area contributed by atoms with E-state index in [-0.39, 0.29) is 5.91 Å². The van der Waals surface area contributed by atoms with Gasteiger partial charge in [0.25, 0.3) is 5.91 Å². The molecule has 0 unspecified atom stereocenters. The quantitative estimate of drug-likeness (QED) is 0.869. The minimum Gasteiger partial charge on any atom is -0.481 e. The van der Waals surface area contributed by atoms with E-state index in [1.165, 1.54) is 5.56 Å². The highest BCUT2D eigenvalue weighted by Gasteiger charge is 2.15. The molecule has 2 aromatic carbocycles. The minimum atomic E-state index is -0.565. The van der Waals surface area contributed by atoms with Crippen molar-refractivity contribution in [2.45, 2.75) is 26.4 Å². The van der Waals surface area contributed by atoms with Crippen LogP contribution in [0.25, 0.3) is 0 Å². The average Bonchev–Trinajstić information content (AvgIpc) is 2.50. The van der Waals surface area contributed by atoms with E-state index >= 15 is 0 Å². The highest BCUT2D eigenvalue weighted by molar-refractivity contribution is 9.10. The highest BCUT2D eigenvalue weighted by Crippen LogP contribution is 2.22. The smallest absolute Gasteiger partial charge is 0.265 e. The number of aryl methyl sites for hydroxylation is 1. The Morgan fingerprint density at radius 1 is 1.19 bits per heavy atom. The number of benzene rings is 2. The van der Waals surface area contributed by atoms with Gasteiger partial charge < -0.3 is 10.1 Å². The van der Waals surface area contributed by atoms with Gasteiger partial charge in [-0.25, -0.2) is 0 Å². The molecule has 0 radical (unpaired) electrons. The largest absolute Gasteiger partial charge is 0.481 e. The van der Waals surface area contributed by atoms with Gasteiger partial charge in [0.1, 0.15) is 5.75 Å². The van der Waals surface area contributed by atoms with Crippen molar-refractivity contribution >= 4 is 27.5 Å². The number of amides is 1. The van der Waals surface area contributed by atoms with Crippen molar-refractivity contribution in [3.63, 3.8) is 0 Å². The Kier molecular flexibility index (Phi) is 5.39. The van der Waals surface area contributed by atoms with Crippen LogP contribution in [-0.4, -0.2) is 12.0 Å². The maximum Gasteiger partial charge on any atom is 0.265 e. The molecule has 110 valence electrons. The van der Waals surface area contributed by atoms with Crippen LogP contribution in [0.2, 0.25) is 0 Å². The highest BCUT2D eigenvalue weighted by atomic mass is 79.9. The maximum atomic E-state index is 12.1. The molecule has 0 bridgehead atoms. The molecule has 0 aromatic heterocycles. The van der Waals surface area contributed by atoms with E-state index in [0.717, 1.165) is 16.6 Å². The van der Waals surface area contributed by atoms with Gasteiger partial charge in [-0.05, 0) is 59.1 Å². The van der Waals surface area contributed by atoms with Gasteiger partial charge in [0.05, 0.1) is 5.69 Å². The first kappa shape index (κ1) is 15.6. The van der Waals surface area contributed by atoms with Crippen molar-refractivity contribution in [3.05, 3.63) is 58.6 Å². The molecule has 0 aliphatic heterocycles. The van der Waals surface area contributed by atoms with Gasteiger partial charge in [-0.2, -0.15) is 0 Å². The number of para-hydroxylation sites is 1.